The highest BCUT2D eigenvalue weighted by molar-refractivity contribution is 6.12. The van der Waals surface area contributed by atoms with E-state index in [0.717, 1.165) is 18.2 Å². The van der Waals surface area contributed by atoms with Gasteiger partial charge in [0.25, 0.3) is 0 Å². The summed E-state index contributed by atoms with van der Waals surface area (Å²) in [7, 11) is 2.76. The summed E-state index contributed by atoms with van der Waals surface area (Å²) in [6, 6.07) is 9.80. The van der Waals surface area contributed by atoms with Crippen molar-refractivity contribution >= 4 is 22.4 Å². The summed E-state index contributed by atoms with van der Waals surface area (Å²) in [4.78, 5) is 17.0. The Kier molecular flexibility index (Phi) is 8.38. The Balaban J connectivity index is 1.83. The Morgan fingerprint density at radius 3 is 2.45 bits per heavy atom. The number of hydrogen-bond donors (Lipinski definition) is 3. The summed E-state index contributed by atoms with van der Waals surface area (Å²) in [5.41, 5.74) is 1.33. The van der Waals surface area contributed by atoms with Crippen LogP contribution in [0.5, 0.6) is 23.0 Å². The molecule has 3 N–H and O–H groups in total. The maximum absolute atomic E-state index is 14.1. The first-order chi connectivity index (χ1) is 19.0. The first-order valence-electron chi connectivity index (χ1n) is 12.0. The Bertz CT molecular complexity index is 1520. The highest BCUT2D eigenvalue weighted by atomic mass is 19.4. The van der Waals surface area contributed by atoms with Gasteiger partial charge in [0, 0.05) is 58.2 Å². The summed E-state index contributed by atoms with van der Waals surface area (Å²) in [5.74, 6) is -0.808. The average molecular weight is 563 g/mol. The van der Waals surface area contributed by atoms with Crippen LogP contribution in [-0.4, -0.2) is 49.7 Å². The van der Waals surface area contributed by atoms with E-state index in [4.69, 9.17) is 19.3 Å². The van der Waals surface area contributed by atoms with E-state index >= 15 is 0 Å². The topological polar surface area (TPSA) is 102 Å². The van der Waals surface area contributed by atoms with Crippen LogP contribution < -0.4 is 24.3 Å². The van der Waals surface area contributed by atoms with Crippen molar-refractivity contribution in [3.63, 3.8) is 0 Å². The van der Waals surface area contributed by atoms with Gasteiger partial charge in [-0.2, -0.15) is 0 Å². The first-order valence-corrected chi connectivity index (χ1v) is 12.0. The number of halogens is 4. The lowest BCUT2D eigenvalue weighted by Gasteiger charge is -2.22. The lowest BCUT2D eigenvalue weighted by molar-refractivity contribution is -0.274. The van der Waals surface area contributed by atoms with Crippen LogP contribution in [0.4, 0.5) is 23.2 Å². The van der Waals surface area contributed by atoms with E-state index in [1.54, 1.807) is 18.2 Å². The summed E-state index contributed by atoms with van der Waals surface area (Å²) >= 11 is 0. The van der Waals surface area contributed by atoms with Crippen LogP contribution >= 0.6 is 0 Å². The number of methoxy groups -OCH3 is 2. The summed E-state index contributed by atoms with van der Waals surface area (Å²) in [6.45, 7) is 1.24. The van der Waals surface area contributed by atoms with Gasteiger partial charge < -0.3 is 34.4 Å². The van der Waals surface area contributed by atoms with E-state index in [-0.39, 0.29) is 41.0 Å². The van der Waals surface area contributed by atoms with Crippen molar-refractivity contribution in [3.8, 4) is 23.0 Å². The van der Waals surface area contributed by atoms with Crippen molar-refractivity contribution in [2.24, 2.45) is 0 Å². The molecule has 12 heteroatoms. The molecular formula is C28H26F4N2O6. The standard InChI is InChI=1S/C28H26F4N2O6/c1-15-8-23-21(13-24(15)40-28(30,31)32)22(14-33-23)27(36)26(20-5-4-16(29)9-25(20)38-3)34-17-10-18(37-2)12-19(11-17)39-7-6-35/h4-5,8-14,26,33-35H,6-7H2,1-3H3. The second-order valence-electron chi connectivity index (χ2n) is 8.71. The fraction of sp³-hybridized carbons (Fsp3) is 0.250. The highest BCUT2D eigenvalue weighted by Gasteiger charge is 2.33. The predicted molar refractivity (Wildman–Crippen MR) is 139 cm³/mol. The molecule has 0 saturated heterocycles. The molecule has 8 nitrogen and oxygen atoms in total. The molecule has 4 rings (SSSR count). The van der Waals surface area contributed by atoms with E-state index in [0.29, 0.717) is 22.7 Å². The van der Waals surface area contributed by atoms with Gasteiger partial charge in [-0.3, -0.25) is 4.79 Å². The minimum absolute atomic E-state index is 0.0117. The number of carbonyl (C=O) groups excluding carboxylic acids is 1. The molecule has 0 radical (unpaired) electrons. The monoisotopic (exact) mass is 562 g/mol. The van der Waals surface area contributed by atoms with Gasteiger partial charge in [0.1, 0.15) is 41.5 Å². The summed E-state index contributed by atoms with van der Waals surface area (Å²) in [5, 5.41) is 12.4. The zero-order valence-corrected chi connectivity index (χ0v) is 21.7. The van der Waals surface area contributed by atoms with Gasteiger partial charge >= 0.3 is 6.36 Å². The lowest BCUT2D eigenvalue weighted by atomic mass is 9.95. The van der Waals surface area contributed by atoms with Crippen LogP contribution in [0, 0.1) is 12.7 Å². The Morgan fingerprint density at radius 1 is 1.02 bits per heavy atom. The van der Waals surface area contributed by atoms with Crippen molar-refractivity contribution < 1.29 is 46.4 Å². The molecule has 3 aromatic carbocycles. The van der Waals surface area contributed by atoms with Crippen molar-refractivity contribution in [2.75, 3.05) is 32.8 Å². The van der Waals surface area contributed by atoms with Crippen LogP contribution in [-0.2, 0) is 0 Å². The van der Waals surface area contributed by atoms with Gasteiger partial charge in [-0.05, 0) is 36.8 Å². The third-order valence-electron chi connectivity index (χ3n) is 6.02. The summed E-state index contributed by atoms with van der Waals surface area (Å²) in [6.07, 6.45) is -3.54. The van der Waals surface area contributed by atoms with Crippen LogP contribution in [0.3, 0.4) is 0 Å². The number of ether oxygens (including phenoxy) is 4. The van der Waals surface area contributed by atoms with Crippen molar-refractivity contribution in [2.45, 2.75) is 19.3 Å². The zero-order valence-electron chi connectivity index (χ0n) is 21.7. The van der Waals surface area contributed by atoms with Crippen molar-refractivity contribution in [3.05, 3.63) is 77.2 Å². The molecule has 0 aliphatic carbocycles. The maximum Gasteiger partial charge on any atom is 0.573 e. The molecule has 0 spiro atoms. The molecule has 1 heterocycles. The molecule has 0 aliphatic rings. The largest absolute Gasteiger partial charge is 0.573 e. The normalized spacial score (nSPS) is 12.2. The number of aromatic nitrogens is 1. The SMILES string of the molecule is COc1cc(NC(C(=O)c2c[nH]c3cc(C)c(OC(F)(F)F)cc23)c2ccc(F)cc2OC)cc(OCCO)c1. The fourth-order valence-corrected chi connectivity index (χ4v) is 4.25. The fourth-order valence-electron chi connectivity index (χ4n) is 4.25. The number of aliphatic hydroxyl groups excluding tert-OH is 1. The van der Waals surface area contributed by atoms with Gasteiger partial charge in [-0.25, -0.2) is 4.39 Å². The lowest BCUT2D eigenvalue weighted by Crippen LogP contribution is -2.22. The predicted octanol–water partition coefficient (Wildman–Crippen LogP) is 5.94. The highest BCUT2D eigenvalue weighted by Crippen LogP contribution is 2.37. The van der Waals surface area contributed by atoms with Crippen LogP contribution in [0.25, 0.3) is 10.9 Å². The molecule has 212 valence electrons. The molecule has 0 amide bonds. The van der Waals surface area contributed by atoms with Crippen LogP contribution in [0.1, 0.15) is 27.5 Å². The molecule has 1 unspecified atom stereocenters. The minimum Gasteiger partial charge on any atom is -0.497 e. The molecule has 1 atom stereocenters. The second kappa shape index (κ2) is 11.7. The minimum atomic E-state index is -4.92. The maximum atomic E-state index is 14.1. The summed E-state index contributed by atoms with van der Waals surface area (Å²) < 4.78 is 73.4. The number of aliphatic hydroxyl groups is 1. The third kappa shape index (κ3) is 6.40. The molecular weight excluding hydrogens is 536 g/mol. The van der Waals surface area contributed by atoms with Gasteiger partial charge in [-0.15, -0.1) is 13.2 Å². The smallest absolute Gasteiger partial charge is 0.497 e. The number of carbonyl (C=O) groups is 1. The number of alkyl halides is 3. The number of aryl methyl sites for hydroxylation is 1. The van der Waals surface area contributed by atoms with Crippen LogP contribution in [0.2, 0.25) is 0 Å². The molecule has 0 saturated carbocycles. The van der Waals surface area contributed by atoms with Crippen molar-refractivity contribution in [1.29, 1.82) is 0 Å². The van der Waals surface area contributed by atoms with Gasteiger partial charge in [0.05, 0.1) is 20.8 Å². The molecule has 0 aliphatic heterocycles. The zero-order chi connectivity index (χ0) is 29.0. The Hall–Kier alpha value is -4.45. The average Bonchev–Trinajstić information content (AvgIpc) is 3.31. The quantitative estimate of drug-likeness (QED) is 0.154. The van der Waals surface area contributed by atoms with Crippen LogP contribution in [0.15, 0.2) is 54.7 Å². The van der Waals surface area contributed by atoms with Crippen molar-refractivity contribution in [1.82, 2.24) is 4.98 Å². The molecule has 1 aromatic heterocycles. The molecule has 4 aromatic rings. The molecule has 0 fully saturated rings. The molecule has 0 bridgehead atoms. The second-order valence-corrected chi connectivity index (χ2v) is 8.71. The number of benzene rings is 3. The van der Waals surface area contributed by atoms with E-state index in [1.807, 2.05) is 0 Å². The first kappa shape index (κ1) is 28.6. The number of rotatable bonds is 11. The van der Waals surface area contributed by atoms with E-state index in [2.05, 4.69) is 15.0 Å². The van der Waals surface area contributed by atoms with E-state index in [9.17, 15) is 22.4 Å². The third-order valence-corrected chi connectivity index (χ3v) is 6.02. The van der Waals surface area contributed by atoms with Gasteiger partial charge in [0.2, 0.25) is 0 Å². The Labute approximate surface area is 226 Å². The van der Waals surface area contributed by atoms with Gasteiger partial charge in [-0.1, -0.05) is 0 Å². The number of hydrogen-bond acceptors (Lipinski definition) is 7. The van der Waals surface area contributed by atoms with E-state index in [1.165, 1.54) is 39.5 Å². The van der Waals surface area contributed by atoms with Gasteiger partial charge in [0.15, 0.2) is 5.78 Å². The number of aromatic amines is 1. The molecule has 40 heavy (non-hydrogen) atoms. The number of Topliss-reactive ketones (excluding diaryl/α,β-unsaturated/α-hetero) is 1. The number of ketones is 1. The number of nitrogens with one attached hydrogen (secondary N) is 2. The number of H-pyrrole nitrogens is 1. The Morgan fingerprint density at radius 2 is 1.77 bits per heavy atom. The van der Waals surface area contributed by atoms with E-state index < -0.39 is 29.8 Å². The number of anilines is 1. The number of fused-ring (bicyclic) bond motifs is 1.